The zero-order chi connectivity index (χ0) is 16.2. The van der Waals surface area contributed by atoms with Crippen LogP contribution in [0.4, 0.5) is 0 Å². The molecule has 1 aliphatic rings. The molecule has 0 radical (unpaired) electrons. The Hall–Kier alpha value is -2.32. The minimum absolute atomic E-state index is 0.771. The molecule has 0 saturated carbocycles. The molecule has 0 aromatic heterocycles. The average molecular weight is 317 g/mol. The van der Waals surface area contributed by atoms with Gasteiger partial charge in [0.05, 0.1) is 0 Å². The van der Waals surface area contributed by atoms with Gasteiger partial charge in [-0.05, 0) is 60.0 Å². The van der Waals surface area contributed by atoms with Gasteiger partial charge in [0.25, 0.3) is 0 Å². The van der Waals surface area contributed by atoms with Crippen LogP contribution in [0.25, 0.3) is 21.9 Å². The number of hydrogen-bond donors (Lipinski definition) is 0. The fraction of sp³-hybridized carbons (Fsp3) is 0.273. The summed E-state index contributed by atoms with van der Waals surface area (Å²) in [6.45, 7) is 4.26. The molecule has 3 aromatic rings. The molecule has 0 atom stereocenters. The van der Waals surface area contributed by atoms with E-state index in [0.717, 1.165) is 18.9 Å². The molecule has 0 spiro atoms. The Labute approximate surface area is 143 Å². The van der Waals surface area contributed by atoms with Crippen LogP contribution in [0.1, 0.15) is 12.8 Å². The number of nitrogens with zero attached hydrogens (tertiary/aromatic N) is 1. The highest BCUT2D eigenvalue weighted by atomic mass is 16.5. The van der Waals surface area contributed by atoms with Crippen LogP contribution in [-0.2, 0) is 0 Å². The van der Waals surface area contributed by atoms with Crippen LogP contribution in [0.15, 0.2) is 66.7 Å². The van der Waals surface area contributed by atoms with Crippen molar-refractivity contribution in [3.63, 3.8) is 0 Å². The Morgan fingerprint density at radius 2 is 1.54 bits per heavy atom. The predicted octanol–water partition coefficient (Wildman–Crippen LogP) is 4.98. The molecule has 2 nitrogen and oxygen atoms in total. The molecular formula is C22H23NO. The first-order valence-electron chi connectivity index (χ1n) is 8.83. The number of likely N-dealkylation sites (tertiary alicyclic amines) is 1. The van der Waals surface area contributed by atoms with Crippen LogP contribution in [0.5, 0.6) is 5.75 Å². The highest BCUT2D eigenvalue weighted by Crippen LogP contribution is 2.29. The van der Waals surface area contributed by atoms with E-state index in [1.807, 2.05) is 0 Å². The Balaban J connectivity index is 1.46. The molecule has 0 bridgehead atoms. The Bertz CT molecular complexity index is 798. The molecular weight excluding hydrogens is 294 g/mol. The molecule has 1 saturated heterocycles. The predicted molar refractivity (Wildman–Crippen MR) is 101 cm³/mol. The maximum Gasteiger partial charge on any atom is 0.119 e. The molecule has 0 amide bonds. The van der Waals surface area contributed by atoms with Gasteiger partial charge < -0.3 is 4.74 Å². The summed E-state index contributed by atoms with van der Waals surface area (Å²) in [5, 5.41) is 2.57. The molecule has 1 fully saturated rings. The number of benzene rings is 3. The normalized spacial score (nSPS) is 15.0. The quantitative estimate of drug-likeness (QED) is 0.658. The molecule has 122 valence electrons. The summed E-state index contributed by atoms with van der Waals surface area (Å²) < 4.78 is 5.90. The van der Waals surface area contributed by atoms with Crippen LogP contribution in [-0.4, -0.2) is 31.1 Å². The lowest BCUT2D eigenvalue weighted by molar-refractivity contribution is 0.238. The van der Waals surface area contributed by atoms with Crippen LogP contribution >= 0.6 is 0 Å². The molecule has 24 heavy (non-hydrogen) atoms. The van der Waals surface area contributed by atoms with Crippen molar-refractivity contribution in [1.29, 1.82) is 0 Å². The first-order valence-corrected chi connectivity index (χ1v) is 8.83. The van der Waals surface area contributed by atoms with Gasteiger partial charge >= 0.3 is 0 Å². The maximum atomic E-state index is 5.90. The summed E-state index contributed by atoms with van der Waals surface area (Å²) in [6, 6.07) is 23.5. The summed E-state index contributed by atoms with van der Waals surface area (Å²) in [5.41, 5.74) is 2.51. The highest BCUT2D eigenvalue weighted by molar-refractivity contribution is 5.96. The lowest BCUT2D eigenvalue weighted by Gasteiger charge is -2.15. The summed E-state index contributed by atoms with van der Waals surface area (Å²) in [5.74, 6) is 0.957. The first kappa shape index (κ1) is 15.2. The average Bonchev–Trinajstić information content (AvgIpc) is 3.15. The Kier molecular flexibility index (Phi) is 4.48. The van der Waals surface area contributed by atoms with Crippen molar-refractivity contribution in [2.75, 3.05) is 26.2 Å². The van der Waals surface area contributed by atoms with E-state index < -0.39 is 0 Å². The van der Waals surface area contributed by atoms with E-state index in [0.29, 0.717) is 0 Å². The molecule has 3 aromatic carbocycles. The van der Waals surface area contributed by atoms with E-state index in [1.165, 1.54) is 47.8 Å². The second-order valence-electron chi connectivity index (χ2n) is 6.45. The SMILES string of the molecule is c1ccc2c(-c3ccc(OCCN4CCCC4)cc3)cccc2c1. The van der Waals surface area contributed by atoms with Crippen molar-refractivity contribution in [3.05, 3.63) is 66.7 Å². The van der Waals surface area contributed by atoms with Crippen LogP contribution < -0.4 is 4.74 Å². The van der Waals surface area contributed by atoms with Gasteiger partial charge in [-0.15, -0.1) is 0 Å². The summed E-state index contributed by atoms with van der Waals surface area (Å²) in [7, 11) is 0. The van der Waals surface area contributed by atoms with Crippen LogP contribution in [0.2, 0.25) is 0 Å². The lowest BCUT2D eigenvalue weighted by Crippen LogP contribution is -2.25. The minimum Gasteiger partial charge on any atom is -0.492 e. The summed E-state index contributed by atoms with van der Waals surface area (Å²) >= 11 is 0. The van der Waals surface area contributed by atoms with E-state index in [1.54, 1.807) is 0 Å². The third-order valence-corrected chi connectivity index (χ3v) is 4.83. The zero-order valence-electron chi connectivity index (χ0n) is 13.9. The highest BCUT2D eigenvalue weighted by Gasteiger charge is 2.10. The third kappa shape index (κ3) is 3.29. The van der Waals surface area contributed by atoms with E-state index in [9.17, 15) is 0 Å². The summed E-state index contributed by atoms with van der Waals surface area (Å²) in [6.07, 6.45) is 2.67. The topological polar surface area (TPSA) is 12.5 Å². The molecule has 2 heteroatoms. The van der Waals surface area contributed by atoms with E-state index in [2.05, 4.69) is 71.6 Å². The van der Waals surface area contributed by atoms with Gasteiger partial charge in [-0.3, -0.25) is 4.90 Å². The summed E-state index contributed by atoms with van der Waals surface area (Å²) in [4.78, 5) is 2.48. The first-order chi connectivity index (χ1) is 11.9. The number of ether oxygens (including phenoxy) is 1. The lowest BCUT2D eigenvalue weighted by atomic mass is 9.98. The Morgan fingerprint density at radius 1 is 0.792 bits per heavy atom. The van der Waals surface area contributed by atoms with Crippen molar-refractivity contribution in [2.45, 2.75) is 12.8 Å². The largest absolute Gasteiger partial charge is 0.492 e. The standard InChI is InChI=1S/C22H23NO/c1-2-8-21-18(6-1)7-5-9-22(21)19-10-12-20(13-11-19)24-17-16-23-14-3-4-15-23/h1-2,5-13H,3-4,14-17H2. The van der Waals surface area contributed by atoms with Gasteiger partial charge in [-0.1, -0.05) is 54.6 Å². The van der Waals surface area contributed by atoms with Crippen molar-refractivity contribution in [3.8, 4) is 16.9 Å². The fourth-order valence-corrected chi connectivity index (χ4v) is 3.51. The van der Waals surface area contributed by atoms with Gasteiger partial charge in [-0.25, -0.2) is 0 Å². The van der Waals surface area contributed by atoms with Gasteiger partial charge in [0.1, 0.15) is 12.4 Å². The monoisotopic (exact) mass is 317 g/mol. The zero-order valence-corrected chi connectivity index (χ0v) is 13.9. The number of fused-ring (bicyclic) bond motifs is 1. The van der Waals surface area contributed by atoms with Crippen LogP contribution in [0.3, 0.4) is 0 Å². The number of hydrogen-bond acceptors (Lipinski definition) is 2. The van der Waals surface area contributed by atoms with E-state index >= 15 is 0 Å². The van der Waals surface area contributed by atoms with Crippen molar-refractivity contribution >= 4 is 10.8 Å². The van der Waals surface area contributed by atoms with Crippen molar-refractivity contribution in [2.24, 2.45) is 0 Å². The molecule has 1 heterocycles. The second kappa shape index (κ2) is 7.06. The van der Waals surface area contributed by atoms with Crippen molar-refractivity contribution < 1.29 is 4.74 Å². The van der Waals surface area contributed by atoms with E-state index in [-0.39, 0.29) is 0 Å². The van der Waals surface area contributed by atoms with Gasteiger partial charge in [0.2, 0.25) is 0 Å². The molecule has 0 N–H and O–H groups in total. The molecule has 0 unspecified atom stereocenters. The third-order valence-electron chi connectivity index (χ3n) is 4.83. The van der Waals surface area contributed by atoms with Gasteiger partial charge in [0, 0.05) is 6.54 Å². The molecule has 1 aliphatic heterocycles. The van der Waals surface area contributed by atoms with Crippen molar-refractivity contribution in [1.82, 2.24) is 4.90 Å². The maximum absolute atomic E-state index is 5.90. The number of rotatable bonds is 5. The Morgan fingerprint density at radius 3 is 2.38 bits per heavy atom. The van der Waals surface area contributed by atoms with E-state index in [4.69, 9.17) is 4.74 Å². The van der Waals surface area contributed by atoms with Gasteiger partial charge in [0.15, 0.2) is 0 Å². The molecule has 4 rings (SSSR count). The second-order valence-corrected chi connectivity index (χ2v) is 6.45. The smallest absolute Gasteiger partial charge is 0.119 e. The fourth-order valence-electron chi connectivity index (χ4n) is 3.51. The van der Waals surface area contributed by atoms with Gasteiger partial charge in [-0.2, -0.15) is 0 Å². The molecule has 0 aliphatic carbocycles. The van der Waals surface area contributed by atoms with Crippen LogP contribution in [0, 0.1) is 0 Å². The minimum atomic E-state index is 0.771.